The summed E-state index contributed by atoms with van der Waals surface area (Å²) in [4.78, 5) is 24.0. The van der Waals surface area contributed by atoms with E-state index < -0.39 is 5.97 Å². The van der Waals surface area contributed by atoms with Crippen molar-refractivity contribution in [2.75, 3.05) is 37.6 Å². The summed E-state index contributed by atoms with van der Waals surface area (Å²) in [7, 11) is 0. The number of carboxylic acids is 1. The molecule has 0 saturated carbocycles. The number of hydrogen-bond acceptors (Lipinski definition) is 5. The molecule has 0 spiro atoms. The first-order valence-corrected chi connectivity index (χ1v) is 7.70. The molecule has 1 aromatic carbocycles. The molecule has 2 aromatic rings. The SMILES string of the molecule is Cc1ccccc1-c1cncc(N2CCN(CC(=O)O)CC2)n1. The molecule has 1 aromatic heterocycles. The lowest BCUT2D eigenvalue weighted by molar-refractivity contribution is -0.138. The van der Waals surface area contributed by atoms with E-state index in [1.165, 1.54) is 5.56 Å². The summed E-state index contributed by atoms with van der Waals surface area (Å²) < 4.78 is 0. The summed E-state index contributed by atoms with van der Waals surface area (Å²) in [6.45, 7) is 5.14. The van der Waals surface area contributed by atoms with Crippen LogP contribution in [0.1, 0.15) is 5.56 Å². The molecule has 1 aliphatic rings. The molecule has 1 fully saturated rings. The van der Waals surface area contributed by atoms with Crippen LogP contribution in [0, 0.1) is 6.92 Å². The molecule has 0 bridgehead atoms. The van der Waals surface area contributed by atoms with Crippen LogP contribution in [0.3, 0.4) is 0 Å². The molecule has 0 atom stereocenters. The van der Waals surface area contributed by atoms with E-state index in [1.54, 1.807) is 12.4 Å². The minimum Gasteiger partial charge on any atom is -0.480 e. The van der Waals surface area contributed by atoms with Crippen LogP contribution in [0.5, 0.6) is 0 Å². The zero-order valence-corrected chi connectivity index (χ0v) is 13.1. The number of nitrogens with zero attached hydrogens (tertiary/aromatic N) is 4. The zero-order valence-electron chi connectivity index (χ0n) is 13.1. The van der Waals surface area contributed by atoms with Gasteiger partial charge in [0.1, 0.15) is 5.82 Å². The predicted molar refractivity (Wildman–Crippen MR) is 88.5 cm³/mol. The van der Waals surface area contributed by atoms with Gasteiger partial charge in [-0.05, 0) is 12.5 Å². The second-order valence-electron chi connectivity index (χ2n) is 5.73. The van der Waals surface area contributed by atoms with Gasteiger partial charge in [0.15, 0.2) is 0 Å². The Bertz CT molecular complexity index is 696. The summed E-state index contributed by atoms with van der Waals surface area (Å²) in [6, 6.07) is 8.13. The fourth-order valence-corrected chi connectivity index (χ4v) is 2.82. The van der Waals surface area contributed by atoms with Gasteiger partial charge in [-0.3, -0.25) is 14.7 Å². The fraction of sp³-hybridized carbons (Fsp3) is 0.353. The zero-order chi connectivity index (χ0) is 16.2. The molecule has 6 heteroatoms. The quantitative estimate of drug-likeness (QED) is 0.926. The van der Waals surface area contributed by atoms with E-state index in [0.29, 0.717) is 0 Å². The maximum atomic E-state index is 10.8. The van der Waals surface area contributed by atoms with E-state index in [2.05, 4.69) is 22.9 Å². The molecule has 3 rings (SSSR count). The number of carboxylic acid groups (broad SMARTS) is 1. The number of carbonyl (C=O) groups is 1. The number of aryl methyl sites for hydroxylation is 1. The summed E-state index contributed by atoms with van der Waals surface area (Å²) >= 11 is 0. The van der Waals surface area contributed by atoms with Crippen molar-refractivity contribution in [3.05, 3.63) is 42.2 Å². The number of rotatable bonds is 4. The van der Waals surface area contributed by atoms with Gasteiger partial charge in [0.2, 0.25) is 0 Å². The van der Waals surface area contributed by atoms with E-state index in [4.69, 9.17) is 10.1 Å². The Labute approximate surface area is 135 Å². The Morgan fingerprint density at radius 3 is 2.61 bits per heavy atom. The minimum absolute atomic E-state index is 0.1000. The minimum atomic E-state index is -0.778. The number of hydrogen-bond donors (Lipinski definition) is 1. The van der Waals surface area contributed by atoms with Gasteiger partial charge in [0.05, 0.1) is 24.6 Å². The average molecular weight is 312 g/mol. The van der Waals surface area contributed by atoms with E-state index >= 15 is 0 Å². The number of piperazine rings is 1. The summed E-state index contributed by atoms with van der Waals surface area (Å²) in [6.07, 6.45) is 3.56. The second kappa shape index (κ2) is 6.75. The van der Waals surface area contributed by atoms with Crippen molar-refractivity contribution in [2.24, 2.45) is 0 Å². The van der Waals surface area contributed by atoms with Crippen molar-refractivity contribution in [1.82, 2.24) is 14.9 Å². The third-order valence-electron chi connectivity index (χ3n) is 4.10. The number of anilines is 1. The van der Waals surface area contributed by atoms with Crippen LogP contribution in [0.2, 0.25) is 0 Å². The Hall–Kier alpha value is -2.47. The van der Waals surface area contributed by atoms with Crippen molar-refractivity contribution >= 4 is 11.8 Å². The molecule has 0 amide bonds. The smallest absolute Gasteiger partial charge is 0.317 e. The molecular formula is C17H20N4O2. The third-order valence-corrected chi connectivity index (χ3v) is 4.10. The number of aliphatic carboxylic acids is 1. The highest BCUT2D eigenvalue weighted by Gasteiger charge is 2.20. The molecule has 1 N–H and O–H groups in total. The molecular weight excluding hydrogens is 292 g/mol. The standard InChI is InChI=1S/C17H20N4O2/c1-13-4-2-3-5-14(13)15-10-18-11-16(19-15)21-8-6-20(7-9-21)12-17(22)23/h2-5,10-11H,6-9,12H2,1H3,(H,22,23). The molecule has 120 valence electrons. The molecule has 1 aliphatic heterocycles. The lowest BCUT2D eigenvalue weighted by Gasteiger charge is -2.34. The Morgan fingerprint density at radius 2 is 1.91 bits per heavy atom. The van der Waals surface area contributed by atoms with E-state index in [-0.39, 0.29) is 6.54 Å². The molecule has 6 nitrogen and oxygen atoms in total. The van der Waals surface area contributed by atoms with Crippen LogP contribution in [-0.2, 0) is 4.79 Å². The molecule has 0 aliphatic carbocycles. The van der Waals surface area contributed by atoms with Crippen LogP contribution >= 0.6 is 0 Å². The second-order valence-corrected chi connectivity index (χ2v) is 5.73. The monoisotopic (exact) mass is 312 g/mol. The summed E-state index contributed by atoms with van der Waals surface area (Å²) in [5, 5.41) is 8.86. The Morgan fingerprint density at radius 1 is 1.17 bits per heavy atom. The molecule has 23 heavy (non-hydrogen) atoms. The maximum absolute atomic E-state index is 10.8. The average Bonchev–Trinajstić information content (AvgIpc) is 2.55. The maximum Gasteiger partial charge on any atom is 0.317 e. The largest absolute Gasteiger partial charge is 0.480 e. The van der Waals surface area contributed by atoms with E-state index in [1.807, 2.05) is 23.1 Å². The lowest BCUT2D eigenvalue weighted by Crippen LogP contribution is -2.48. The summed E-state index contributed by atoms with van der Waals surface area (Å²) in [5.74, 6) is 0.0699. The normalized spacial score (nSPS) is 15.6. The van der Waals surface area contributed by atoms with Crippen LogP contribution in [0.4, 0.5) is 5.82 Å². The van der Waals surface area contributed by atoms with Crippen LogP contribution in [0.15, 0.2) is 36.7 Å². The Kier molecular flexibility index (Phi) is 4.52. The first kappa shape index (κ1) is 15.4. The third kappa shape index (κ3) is 3.65. The number of benzene rings is 1. The van der Waals surface area contributed by atoms with Gasteiger partial charge < -0.3 is 10.0 Å². The van der Waals surface area contributed by atoms with Gasteiger partial charge >= 0.3 is 5.97 Å². The lowest BCUT2D eigenvalue weighted by atomic mass is 10.1. The highest BCUT2D eigenvalue weighted by molar-refractivity contribution is 5.69. The molecule has 1 saturated heterocycles. The van der Waals surface area contributed by atoms with E-state index in [9.17, 15) is 4.79 Å². The highest BCUT2D eigenvalue weighted by atomic mass is 16.4. The topological polar surface area (TPSA) is 69.6 Å². The summed E-state index contributed by atoms with van der Waals surface area (Å²) in [5.41, 5.74) is 3.13. The van der Waals surface area contributed by atoms with Gasteiger partial charge in [-0.25, -0.2) is 4.98 Å². The van der Waals surface area contributed by atoms with Gasteiger partial charge in [-0.2, -0.15) is 0 Å². The molecule has 0 unspecified atom stereocenters. The molecule has 2 heterocycles. The first-order chi connectivity index (χ1) is 11.1. The molecule has 0 radical (unpaired) electrons. The first-order valence-electron chi connectivity index (χ1n) is 7.70. The van der Waals surface area contributed by atoms with Crippen molar-refractivity contribution in [3.63, 3.8) is 0 Å². The van der Waals surface area contributed by atoms with Gasteiger partial charge in [-0.1, -0.05) is 24.3 Å². The van der Waals surface area contributed by atoms with Gasteiger partial charge in [-0.15, -0.1) is 0 Å². The van der Waals surface area contributed by atoms with Crippen molar-refractivity contribution in [2.45, 2.75) is 6.92 Å². The van der Waals surface area contributed by atoms with Gasteiger partial charge in [0, 0.05) is 31.7 Å². The van der Waals surface area contributed by atoms with Crippen LogP contribution < -0.4 is 4.90 Å². The predicted octanol–water partition coefficient (Wildman–Crippen LogP) is 1.66. The van der Waals surface area contributed by atoms with Crippen molar-refractivity contribution in [1.29, 1.82) is 0 Å². The number of aromatic nitrogens is 2. The van der Waals surface area contributed by atoms with E-state index in [0.717, 1.165) is 43.3 Å². The van der Waals surface area contributed by atoms with Crippen molar-refractivity contribution < 1.29 is 9.90 Å². The van der Waals surface area contributed by atoms with Gasteiger partial charge in [0.25, 0.3) is 0 Å². The van der Waals surface area contributed by atoms with Crippen LogP contribution in [-0.4, -0.2) is 58.7 Å². The van der Waals surface area contributed by atoms with Crippen molar-refractivity contribution in [3.8, 4) is 11.3 Å². The highest BCUT2D eigenvalue weighted by Crippen LogP contribution is 2.23. The Balaban J connectivity index is 1.74. The van der Waals surface area contributed by atoms with Crippen LogP contribution in [0.25, 0.3) is 11.3 Å². The fourth-order valence-electron chi connectivity index (χ4n) is 2.82.